The van der Waals surface area contributed by atoms with Gasteiger partial charge in [0.25, 0.3) is 0 Å². The molecular formula is C18H26N4O5S2. The van der Waals surface area contributed by atoms with E-state index in [-0.39, 0.29) is 6.54 Å². The molecule has 11 heteroatoms. The minimum atomic E-state index is -3.85. The monoisotopic (exact) mass is 442 g/mol. The highest BCUT2D eigenvalue weighted by Crippen LogP contribution is 2.25. The van der Waals surface area contributed by atoms with Gasteiger partial charge in [-0.25, -0.2) is 22.8 Å². The second-order valence-corrected chi connectivity index (χ2v) is 9.99. The van der Waals surface area contributed by atoms with E-state index in [1.165, 1.54) is 6.20 Å². The van der Waals surface area contributed by atoms with E-state index in [1.54, 1.807) is 58.0 Å². The second-order valence-electron chi connectivity index (χ2n) is 7.27. The lowest BCUT2D eigenvalue weighted by molar-refractivity contribution is 0.0529. The normalized spacial score (nSPS) is 13.1. The fourth-order valence-corrected chi connectivity index (χ4v) is 4.09. The van der Waals surface area contributed by atoms with Crippen LogP contribution < -0.4 is 15.2 Å². The molecule has 2 aromatic rings. The number of nitrogens with zero attached hydrogens (tertiary/aromatic N) is 1. The fraction of sp³-hybridized carbons (Fsp3) is 0.389. The second kappa shape index (κ2) is 9.08. The number of hydrogen-bond donors (Lipinski definition) is 3. The first-order chi connectivity index (χ1) is 13.4. The van der Waals surface area contributed by atoms with Gasteiger partial charge >= 0.3 is 16.3 Å². The van der Waals surface area contributed by atoms with Gasteiger partial charge < -0.3 is 10.1 Å². The van der Waals surface area contributed by atoms with Gasteiger partial charge in [0.2, 0.25) is 0 Å². The van der Waals surface area contributed by atoms with Gasteiger partial charge in [0.1, 0.15) is 16.6 Å². The molecule has 0 aliphatic carbocycles. The average Bonchev–Trinajstić information content (AvgIpc) is 2.99. The number of carbonyl (C=O) groups is 1. The lowest BCUT2D eigenvalue weighted by atomic mass is 10.1. The van der Waals surface area contributed by atoms with Crippen LogP contribution in [0, 0.1) is 6.92 Å². The lowest BCUT2D eigenvalue weighted by Crippen LogP contribution is -2.36. The summed E-state index contributed by atoms with van der Waals surface area (Å²) in [6.07, 6.45) is 0.863. The topological polar surface area (TPSA) is 133 Å². The van der Waals surface area contributed by atoms with Gasteiger partial charge in [-0.3, -0.25) is 0 Å². The standard InChI is InChI=1S/C18H26N4O5S2/c1-13-16(9-12-22(13)29(19,25)26)14-5-7-15(8-6-14)28(24)21-11-10-20-17(23)27-18(2,3)4/h5-9,12,21H,10-11H2,1-4H3,(H,20,23)(H2,19,25,26). The van der Waals surface area contributed by atoms with Crippen LogP contribution >= 0.6 is 0 Å². The van der Waals surface area contributed by atoms with Crippen LogP contribution in [0.2, 0.25) is 0 Å². The van der Waals surface area contributed by atoms with Crippen LogP contribution in [-0.2, 0) is 25.9 Å². The van der Waals surface area contributed by atoms with Gasteiger partial charge in [-0.2, -0.15) is 8.42 Å². The molecule has 0 radical (unpaired) electrons. The third-order valence-electron chi connectivity index (χ3n) is 3.78. The zero-order chi connectivity index (χ0) is 21.8. The van der Waals surface area contributed by atoms with E-state index >= 15 is 0 Å². The Bertz CT molecular complexity index is 992. The Hall–Kier alpha value is -2.21. The Morgan fingerprint density at radius 2 is 1.79 bits per heavy atom. The van der Waals surface area contributed by atoms with Crippen molar-refractivity contribution in [1.82, 2.24) is 14.0 Å². The first kappa shape index (κ1) is 23.1. The van der Waals surface area contributed by atoms with Crippen LogP contribution in [0.3, 0.4) is 0 Å². The molecule has 1 heterocycles. The Balaban J connectivity index is 1.93. The van der Waals surface area contributed by atoms with E-state index in [2.05, 4.69) is 10.0 Å². The summed E-state index contributed by atoms with van der Waals surface area (Å²) in [6, 6.07) is 8.54. The Morgan fingerprint density at radius 1 is 1.17 bits per heavy atom. The molecule has 0 aliphatic heterocycles. The van der Waals surface area contributed by atoms with Crippen molar-refractivity contribution in [3.8, 4) is 11.1 Å². The molecule has 0 aliphatic rings. The molecule has 1 unspecified atom stereocenters. The van der Waals surface area contributed by atoms with E-state index in [9.17, 15) is 17.4 Å². The molecule has 0 saturated heterocycles. The lowest BCUT2D eigenvalue weighted by Gasteiger charge is -2.19. The smallest absolute Gasteiger partial charge is 0.407 e. The van der Waals surface area contributed by atoms with Crippen molar-refractivity contribution >= 4 is 27.3 Å². The summed E-state index contributed by atoms with van der Waals surface area (Å²) in [5.41, 5.74) is 1.41. The van der Waals surface area contributed by atoms with Crippen molar-refractivity contribution in [2.24, 2.45) is 5.14 Å². The summed E-state index contributed by atoms with van der Waals surface area (Å²) in [5.74, 6) is 0. The summed E-state index contributed by atoms with van der Waals surface area (Å²) in [7, 11) is -5.31. The van der Waals surface area contributed by atoms with E-state index in [4.69, 9.17) is 9.88 Å². The highest BCUT2D eigenvalue weighted by atomic mass is 32.2. The number of rotatable bonds is 7. The van der Waals surface area contributed by atoms with Gasteiger partial charge in [0.05, 0.1) is 4.90 Å². The predicted octanol–water partition coefficient (Wildman–Crippen LogP) is 1.65. The number of amides is 1. The van der Waals surface area contributed by atoms with Crippen LogP contribution in [0.15, 0.2) is 41.4 Å². The van der Waals surface area contributed by atoms with Gasteiger partial charge in [-0.15, -0.1) is 0 Å². The van der Waals surface area contributed by atoms with Gasteiger partial charge in [0, 0.05) is 30.5 Å². The molecule has 160 valence electrons. The largest absolute Gasteiger partial charge is 0.444 e. The van der Waals surface area contributed by atoms with Crippen molar-refractivity contribution in [3.63, 3.8) is 0 Å². The van der Waals surface area contributed by atoms with Gasteiger partial charge in [0.15, 0.2) is 0 Å². The number of nitrogens with one attached hydrogen (secondary N) is 2. The quantitative estimate of drug-likeness (QED) is 0.561. The third-order valence-corrected chi connectivity index (χ3v) is 5.89. The molecule has 1 atom stereocenters. The minimum Gasteiger partial charge on any atom is -0.444 e. The maximum Gasteiger partial charge on any atom is 0.407 e. The predicted molar refractivity (Wildman–Crippen MR) is 112 cm³/mol. The first-order valence-corrected chi connectivity index (χ1v) is 11.5. The Kier molecular flexibility index (Phi) is 7.22. The number of alkyl carbamates (subject to hydrolysis) is 1. The average molecular weight is 443 g/mol. The molecule has 1 aromatic carbocycles. The molecule has 4 N–H and O–H groups in total. The minimum absolute atomic E-state index is 0.263. The summed E-state index contributed by atoms with van der Waals surface area (Å²) < 4.78 is 44.3. The molecule has 0 spiro atoms. The van der Waals surface area contributed by atoms with E-state index in [1.807, 2.05) is 0 Å². The number of benzene rings is 1. The Morgan fingerprint density at radius 3 is 2.31 bits per heavy atom. The van der Waals surface area contributed by atoms with Crippen molar-refractivity contribution in [1.29, 1.82) is 0 Å². The molecule has 0 fully saturated rings. The van der Waals surface area contributed by atoms with Crippen molar-refractivity contribution in [3.05, 3.63) is 42.2 Å². The summed E-state index contributed by atoms with van der Waals surface area (Å²) >= 11 is 0. The fourth-order valence-electron chi connectivity index (χ4n) is 2.54. The molecule has 29 heavy (non-hydrogen) atoms. The van der Waals surface area contributed by atoms with Crippen LogP contribution in [0.1, 0.15) is 26.5 Å². The molecule has 0 bridgehead atoms. The zero-order valence-corrected chi connectivity index (χ0v) is 18.4. The number of carbonyl (C=O) groups excluding carboxylic acids is 1. The molecule has 1 amide bonds. The number of hydrogen-bond acceptors (Lipinski definition) is 5. The van der Waals surface area contributed by atoms with Crippen LogP contribution in [-0.4, -0.2) is 41.4 Å². The van der Waals surface area contributed by atoms with Crippen molar-refractivity contribution in [2.75, 3.05) is 13.1 Å². The maximum atomic E-state index is 12.3. The SMILES string of the molecule is Cc1c(-c2ccc(S(=O)NCCNC(=O)OC(C)(C)C)cc2)ccn1S(N)(=O)=O. The van der Waals surface area contributed by atoms with Crippen molar-refractivity contribution < 1.29 is 22.2 Å². The van der Waals surface area contributed by atoms with Crippen LogP contribution in [0.4, 0.5) is 4.79 Å². The van der Waals surface area contributed by atoms with Crippen LogP contribution in [0.5, 0.6) is 0 Å². The molecule has 9 nitrogen and oxygen atoms in total. The molecular weight excluding hydrogens is 416 g/mol. The number of nitrogens with two attached hydrogens (primary N) is 1. The Labute approximate surface area is 173 Å². The summed E-state index contributed by atoms with van der Waals surface area (Å²) in [5, 5.41) is 7.75. The first-order valence-electron chi connectivity index (χ1n) is 8.82. The highest BCUT2D eigenvalue weighted by molar-refractivity contribution is 7.87. The molecule has 0 saturated carbocycles. The van der Waals surface area contributed by atoms with Gasteiger partial charge in [-0.1, -0.05) is 12.1 Å². The van der Waals surface area contributed by atoms with E-state index < -0.39 is 32.9 Å². The van der Waals surface area contributed by atoms with Crippen LogP contribution in [0.25, 0.3) is 11.1 Å². The number of ether oxygens (including phenoxy) is 1. The van der Waals surface area contributed by atoms with E-state index in [0.29, 0.717) is 22.7 Å². The van der Waals surface area contributed by atoms with Crippen molar-refractivity contribution in [2.45, 2.75) is 38.2 Å². The van der Waals surface area contributed by atoms with Gasteiger partial charge in [-0.05, 0) is 51.5 Å². The van der Waals surface area contributed by atoms with E-state index in [0.717, 1.165) is 9.54 Å². The third kappa shape index (κ3) is 6.67. The maximum absolute atomic E-state index is 12.3. The summed E-state index contributed by atoms with van der Waals surface area (Å²) in [4.78, 5) is 12.1. The molecule has 2 rings (SSSR count). The molecule has 1 aromatic heterocycles. The summed E-state index contributed by atoms with van der Waals surface area (Å²) in [6.45, 7) is 7.53. The zero-order valence-electron chi connectivity index (χ0n) is 16.8. The highest BCUT2D eigenvalue weighted by Gasteiger charge is 2.16. The number of aromatic nitrogens is 1.